The van der Waals surface area contributed by atoms with Crippen LogP contribution in [0.25, 0.3) is 0 Å². The molecule has 0 amide bonds. The smallest absolute Gasteiger partial charge is 0.306 e. The minimum absolute atomic E-state index is 0.0139. The number of rotatable bonds is 3. The third-order valence-corrected chi connectivity index (χ3v) is 3.51. The lowest BCUT2D eigenvalue weighted by Crippen LogP contribution is -2.31. The fourth-order valence-electron chi connectivity index (χ4n) is 2.52. The second kappa shape index (κ2) is 5.70. The molecule has 0 aromatic heterocycles. The molecule has 4 nitrogen and oxygen atoms in total. The van der Waals surface area contributed by atoms with Crippen LogP contribution in [0.3, 0.4) is 0 Å². The number of aliphatic carboxylic acids is 1. The maximum atomic E-state index is 13.5. The molecule has 19 heavy (non-hydrogen) atoms. The summed E-state index contributed by atoms with van der Waals surface area (Å²) in [7, 11) is 0. The zero-order valence-electron chi connectivity index (χ0n) is 10.4. The molecule has 1 aromatic carbocycles. The molecule has 0 spiro atoms. The lowest BCUT2D eigenvalue weighted by Gasteiger charge is -2.28. The minimum Gasteiger partial charge on any atom is -0.481 e. The third kappa shape index (κ3) is 3.02. The molecule has 2 unspecified atom stereocenters. The number of hydrogen-bond donors (Lipinski definition) is 2. The van der Waals surface area contributed by atoms with Crippen molar-refractivity contribution in [1.29, 1.82) is 5.26 Å². The maximum Gasteiger partial charge on any atom is 0.306 e. The molecule has 2 N–H and O–H groups in total. The highest BCUT2D eigenvalue weighted by Gasteiger charge is 2.27. The minimum atomic E-state index is -0.786. The van der Waals surface area contributed by atoms with Crippen molar-refractivity contribution in [3.8, 4) is 6.07 Å². The van der Waals surface area contributed by atoms with E-state index in [0.717, 1.165) is 12.8 Å². The molecule has 0 bridgehead atoms. The molecule has 1 aromatic rings. The van der Waals surface area contributed by atoms with E-state index in [1.165, 1.54) is 12.1 Å². The largest absolute Gasteiger partial charge is 0.481 e. The Labute approximate surface area is 110 Å². The number of halogens is 1. The van der Waals surface area contributed by atoms with Crippen molar-refractivity contribution < 1.29 is 14.3 Å². The average Bonchev–Trinajstić information content (AvgIpc) is 2.39. The monoisotopic (exact) mass is 262 g/mol. The van der Waals surface area contributed by atoms with Crippen LogP contribution in [-0.4, -0.2) is 17.1 Å². The first-order valence-corrected chi connectivity index (χ1v) is 6.29. The standard InChI is InChI=1S/C14H15FN2O2/c15-12-5-2-6-13(11(12)8-16)17-10-4-1-3-9(7-10)14(18)19/h2,5-6,9-10,17H,1,3-4,7H2,(H,18,19). The van der Waals surface area contributed by atoms with E-state index in [1.54, 1.807) is 6.07 Å². The second-order valence-electron chi connectivity index (χ2n) is 4.82. The van der Waals surface area contributed by atoms with E-state index in [2.05, 4.69) is 5.32 Å². The van der Waals surface area contributed by atoms with E-state index in [-0.39, 0.29) is 17.5 Å². The van der Waals surface area contributed by atoms with Gasteiger partial charge in [-0.1, -0.05) is 12.5 Å². The summed E-state index contributed by atoms with van der Waals surface area (Å²) in [6, 6.07) is 6.23. The number of benzene rings is 1. The van der Waals surface area contributed by atoms with Gasteiger partial charge >= 0.3 is 5.97 Å². The molecule has 0 saturated heterocycles. The van der Waals surface area contributed by atoms with Crippen LogP contribution in [0, 0.1) is 23.1 Å². The van der Waals surface area contributed by atoms with Gasteiger partial charge in [0.2, 0.25) is 0 Å². The molecule has 0 heterocycles. The van der Waals surface area contributed by atoms with Crippen LogP contribution >= 0.6 is 0 Å². The van der Waals surface area contributed by atoms with Crippen LogP contribution in [-0.2, 0) is 4.79 Å². The summed E-state index contributed by atoms with van der Waals surface area (Å²) in [6.45, 7) is 0. The Morgan fingerprint density at radius 1 is 1.47 bits per heavy atom. The summed E-state index contributed by atoms with van der Waals surface area (Å²) in [5, 5.41) is 21.1. The van der Waals surface area contributed by atoms with Crippen LogP contribution in [0.15, 0.2) is 18.2 Å². The number of carboxylic acids is 1. The van der Waals surface area contributed by atoms with Gasteiger partial charge in [-0.15, -0.1) is 0 Å². The lowest BCUT2D eigenvalue weighted by molar-refractivity contribution is -0.142. The summed E-state index contributed by atoms with van der Waals surface area (Å²) in [4.78, 5) is 11.0. The van der Waals surface area contributed by atoms with Gasteiger partial charge in [-0.3, -0.25) is 4.79 Å². The fraction of sp³-hybridized carbons (Fsp3) is 0.429. The van der Waals surface area contributed by atoms with Crippen molar-refractivity contribution in [3.63, 3.8) is 0 Å². The SMILES string of the molecule is N#Cc1c(F)cccc1NC1CCCC(C(=O)O)C1. The number of nitriles is 1. The van der Waals surface area contributed by atoms with Crippen LogP contribution in [0.4, 0.5) is 10.1 Å². The third-order valence-electron chi connectivity index (χ3n) is 3.51. The second-order valence-corrected chi connectivity index (χ2v) is 4.82. The fourth-order valence-corrected chi connectivity index (χ4v) is 2.52. The van der Waals surface area contributed by atoms with Crippen molar-refractivity contribution in [1.82, 2.24) is 0 Å². The van der Waals surface area contributed by atoms with Gasteiger partial charge in [-0.25, -0.2) is 4.39 Å². The maximum absolute atomic E-state index is 13.5. The number of nitrogens with one attached hydrogen (secondary N) is 1. The Hall–Kier alpha value is -2.09. The molecular formula is C14H15FN2O2. The Balaban J connectivity index is 2.11. The van der Waals surface area contributed by atoms with Gasteiger partial charge in [0.05, 0.1) is 11.6 Å². The molecule has 1 saturated carbocycles. The van der Waals surface area contributed by atoms with E-state index in [1.807, 2.05) is 6.07 Å². The summed E-state index contributed by atoms with van der Waals surface area (Å²) in [6.07, 6.45) is 2.86. The Morgan fingerprint density at radius 2 is 2.26 bits per heavy atom. The van der Waals surface area contributed by atoms with Gasteiger partial charge in [0.25, 0.3) is 0 Å². The van der Waals surface area contributed by atoms with Gasteiger partial charge in [0, 0.05) is 6.04 Å². The molecule has 1 aliphatic rings. The molecule has 1 fully saturated rings. The van der Waals surface area contributed by atoms with Crippen LogP contribution in [0.5, 0.6) is 0 Å². The van der Waals surface area contributed by atoms with Gasteiger partial charge in [-0.2, -0.15) is 5.26 Å². The van der Waals surface area contributed by atoms with Crippen molar-refractivity contribution in [2.24, 2.45) is 5.92 Å². The van der Waals surface area contributed by atoms with Gasteiger partial charge in [0.1, 0.15) is 17.4 Å². The first kappa shape index (κ1) is 13.3. The molecule has 2 atom stereocenters. The highest BCUT2D eigenvalue weighted by Crippen LogP contribution is 2.28. The van der Waals surface area contributed by atoms with Crippen molar-refractivity contribution >= 4 is 11.7 Å². The Morgan fingerprint density at radius 3 is 2.95 bits per heavy atom. The number of nitrogens with zero attached hydrogens (tertiary/aromatic N) is 1. The molecule has 1 aliphatic carbocycles. The van der Waals surface area contributed by atoms with Gasteiger partial charge < -0.3 is 10.4 Å². The normalized spacial score (nSPS) is 22.5. The lowest BCUT2D eigenvalue weighted by atomic mass is 9.85. The summed E-state index contributed by atoms with van der Waals surface area (Å²) < 4.78 is 13.5. The van der Waals surface area contributed by atoms with Crippen molar-refractivity contribution in [2.45, 2.75) is 31.7 Å². The van der Waals surface area contributed by atoms with Crippen LogP contribution in [0.1, 0.15) is 31.2 Å². The first-order valence-electron chi connectivity index (χ1n) is 6.29. The van der Waals surface area contributed by atoms with E-state index >= 15 is 0 Å². The quantitative estimate of drug-likeness (QED) is 0.878. The predicted octanol–water partition coefficient (Wildman–Crippen LogP) is 2.75. The van der Waals surface area contributed by atoms with Crippen molar-refractivity contribution in [2.75, 3.05) is 5.32 Å². The molecule has 2 rings (SSSR count). The van der Waals surface area contributed by atoms with Gasteiger partial charge in [-0.05, 0) is 31.4 Å². The van der Waals surface area contributed by atoms with E-state index in [0.29, 0.717) is 18.5 Å². The molecule has 5 heteroatoms. The molecule has 0 radical (unpaired) electrons. The van der Waals surface area contributed by atoms with Crippen LogP contribution in [0.2, 0.25) is 0 Å². The first-order chi connectivity index (χ1) is 9.11. The Kier molecular flexibility index (Phi) is 4.00. The predicted molar refractivity (Wildman–Crippen MR) is 68.1 cm³/mol. The Bertz CT molecular complexity index is 525. The number of anilines is 1. The van der Waals surface area contributed by atoms with Gasteiger partial charge in [0.15, 0.2) is 0 Å². The van der Waals surface area contributed by atoms with Crippen molar-refractivity contribution in [3.05, 3.63) is 29.6 Å². The highest BCUT2D eigenvalue weighted by atomic mass is 19.1. The topological polar surface area (TPSA) is 73.1 Å². The summed E-state index contributed by atoms with van der Waals surface area (Å²) in [5.41, 5.74) is 0.429. The number of carboxylic acid groups (broad SMARTS) is 1. The van der Waals surface area contributed by atoms with E-state index < -0.39 is 11.8 Å². The highest BCUT2D eigenvalue weighted by molar-refractivity contribution is 5.70. The zero-order valence-corrected chi connectivity index (χ0v) is 10.4. The van der Waals surface area contributed by atoms with E-state index in [4.69, 9.17) is 10.4 Å². The van der Waals surface area contributed by atoms with E-state index in [9.17, 15) is 9.18 Å². The molecule has 100 valence electrons. The number of hydrogen-bond acceptors (Lipinski definition) is 3. The zero-order chi connectivity index (χ0) is 13.8. The molecular weight excluding hydrogens is 247 g/mol. The average molecular weight is 262 g/mol. The van der Waals surface area contributed by atoms with Crippen LogP contribution < -0.4 is 5.32 Å². The summed E-state index contributed by atoms with van der Waals surface area (Å²) >= 11 is 0. The number of carbonyl (C=O) groups is 1. The molecule has 0 aliphatic heterocycles. The summed E-state index contributed by atoms with van der Waals surface area (Å²) in [5.74, 6) is -1.70.